The van der Waals surface area contributed by atoms with Crippen LogP contribution in [0.3, 0.4) is 0 Å². The number of ether oxygens (including phenoxy) is 1. The van der Waals surface area contributed by atoms with Crippen LogP contribution in [-0.2, 0) is 4.74 Å². The Balaban J connectivity index is 2.99. The lowest BCUT2D eigenvalue weighted by molar-refractivity contribution is 0.0526. The van der Waals surface area contributed by atoms with E-state index in [4.69, 9.17) is 21.4 Å². The summed E-state index contributed by atoms with van der Waals surface area (Å²) in [5.74, 6) is -0.532. The molecule has 0 heterocycles. The number of phenols is 1. The normalized spacial score (nSPS) is 9.69. The number of halogens is 1. The highest BCUT2D eigenvalue weighted by molar-refractivity contribution is 6.33. The molecule has 0 atom stereocenters. The Bertz CT molecular complexity index is 323. The van der Waals surface area contributed by atoms with Gasteiger partial charge in [0.15, 0.2) is 0 Å². The zero-order chi connectivity index (χ0) is 9.84. The van der Waals surface area contributed by atoms with E-state index in [1.54, 1.807) is 6.92 Å². The summed E-state index contributed by atoms with van der Waals surface area (Å²) < 4.78 is 4.73. The predicted molar refractivity (Wildman–Crippen MR) is 49.1 cm³/mol. The molecule has 70 valence electrons. The third-order valence-corrected chi connectivity index (χ3v) is 1.77. The Kier molecular flexibility index (Phi) is 3.14. The van der Waals surface area contributed by atoms with E-state index in [0.717, 1.165) is 0 Å². The highest BCUT2D eigenvalue weighted by Gasteiger charge is 2.11. The van der Waals surface area contributed by atoms with Gasteiger partial charge in [-0.05, 0) is 25.1 Å². The standard InChI is InChI=1S/C9H9ClO3/c1-2-13-9(12)7-5-6(11)3-4-8(7)10/h3-5,11H,2H2,1H3. The van der Waals surface area contributed by atoms with Gasteiger partial charge in [0.25, 0.3) is 0 Å². The largest absolute Gasteiger partial charge is 0.508 e. The molecule has 0 radical (unpaired) electrons. The van der Waals surface area contributed by atoms with Crippen LogP contribution in [0.2, 0.25) is 5.02 Å². The van der Waals surface area contributed by atoms with Crippen LogP contribution in [0.4, 0.5) is 0 Å². The summed E-state index contributed by atoms with van der Waals surface area (Å²) in [6.07, 6.45) is 0. The number of rotatable bonds is 2. The number of hydrogen-bond donors (Lipinski definition) is 1. The van der Waals surface area contributed by atoms with Gasteiger partial charge in [0, 0.05) is 0 Å². The fraction of sp³-hybridized carbons (Fsp3) is 0.222. The maximum Gasteiger partial charge on any atom is 0.339 e. The van der Waals surface area contributed by atoms with Gasteiger partial charge in [0.1, 0.15) is 5.75 Å². The molecule has 0 amide bonds. The van der Waals surface area contributed by atoms with Crippen LogP contribution in [0.1, 0.15) is 17.3 Å². The van der Waals surface area contributed by atoms with Crippen molar-refractivity contribution < 1.29 is 14.6 Å². The van der Waals surface area contributed by atoms with E-state index in [1.165, 1.54) is 18.2 Å². The van der Waals surface area contributed by atoms with Gasteiger partial charge in [-0.25, -0.2) is 4.79 Å². The summed E-state index contributed by atoms with van der Waals surface area (Å²) in [7, 11) is 0. The molecule has 3 nitrogen and oxygen atoms in total. The maximum absolute atomic E-state index is 11.2. The van der Waals surface area contributed by atoms with Crippen molar-refractivity contribution in [2.45, 2.75) is 6.92 Å². The summed E-state index contributed by atoms with van der Waals surface area (Å²) >= 11 is 5.71. The van der Waals surface area contributed by atoms with Crippen molar-refractivity contribution in [2.24, 2.45) is 0 Å². The molecule has 0 fully saturated rings. The Morgan fingerprint density at radius 3 is 2.92 bits per heavy atom. The molecule has 0 aromatic heterocycles. The SMILES string of the molecule is CCOC(=O)c1cc(O)ccc1Cl. The van der Waals surface area contributed by atoms with Crippen molar-refractivity contribution in [3.63, 3.8) is 0 Å². The van der Waals surface area contributed by atoms with Gasteiger partial charge in [-0.1, -0.05) is 11.6 Å². The molecule has 0 aliphatic rings. The van der Waals surface area contributed by atoms with Crippen LogP contribution in [-0.4, -0.2) is 17.7 Å². The Hall–Kier alpha value is -1.22. The van der Waals surface area contributed by atoms with E-state index in [2.05, 4.69) is 0 Å². The third kappa shape index (κ3) is 2.36. The van der Waals surface area contributed by atoms with E-state index in [9.17, 15) is 4.79 Å². The second-order valence-corrected chi connectivity index (χ2v) is 2.79. The minimum atomic E-state index is -0.525. The van der Waals surface area contributed by atoms with Crippen molar-refractivity contribution in [3.05, 3.63) is 28.8 Å². The first kappa shape index (κ1) is 9.86. The van der Waals surface area contributed by atoms with Crippen molar-refractivity contribution >= 4 is 17.6 Å². The van der Waals surface area contributed by atoms with Crippen LogP contribution < -0.4 is 0 Å². The Labute approximate surface area is 80.9 Å². The Morgan fingerprint density at radius 2 is 2.31 bits per heavy atom. The van der Waals surface area contributed by atoms with Crippen LogP contribution in [0.15, 0.2) is 18.2 Å². The van der Waals surface area contributed by atoms with E-state index in [0.29, 0.717) is 0 Å². The number of phenolic OH excluding ortho intramolecular Hbond substituents is 1. The molecule has 0 unspecified atom stereocenters. The van der Waals surface area contributed by atoms with Gasteiger partial charge in [0.05, 0.1) is 17.2 Å². The van der Waals surface area contributed by atoms with Gasteiger partial charge in [-0.15, -0.1) is 0 Å². The van der Waals surface area contributed by atoms with Crippen molar-refractivity contribution in [1.82, 2.24) is 0 Å². The molecule has 0 aliphatic heterocycles. The molecule has 13 heavy (non-hydrogen) atoms. The zero-order valence-electron chi connectivity index (χ0n) is 7.08. The minimum absolute atomic E-state index is 0.00699. The molecule has 1 N–H and O–H groups in total. The van der Waals surface area contributed by atoms with E-state index in [1.807, 2.05) is 0 Å². The molecule has 0 bridgehead atoms. The molecule has 4 heteroatoms. The molecular formula is C9H9ClO3. The van der Waals surface area contributed by atoms with Crippen LogP contribution in [0, 0.1) is 0 Å². The fourth-order valence-corrected chi connectivity index (χ4v) is 1.07. The summed E-state index contributed by atoms with van der Waals surface area (Å²) in [6.45, 7) is 1.99. The fourth-order valence-electron chi connectivity index (χ4n) is 0.879. The molecule has 0 saturated heterocycles. The molecule has 0 saturated carbocycles. The number of esters is 1. The first-order valence-corrected chi connectivity index (χ1v) is 4.18. The van der Waals surface area contributed by atoms with Crippen molar-refractivity contribution in [1.29, 1.82) is 0 Å². The summed E-state index contributed by atoms with van der Waals surface area (Å²) in [6, 6.07) is 4.13. The topological polar surface area (TPSA) is 46.5 Å². The smallest absolute Gasteiger partial charge is 0.339 e. The van der Waals surface area contributed by atoms with Crippen molar-refractivity contribution in [3.8, 4) is 5.75 Å². The first-order valence-electron chi connectivity index (χ1n) is 3.80. The van der Waals surface area contributed by atoms with Gasteiger partial charge < -0.3 is 9.84 Å². The molecule has 1 aromatic rings. The van der Waals surface area contributed by atoms with Gasteiger partial charge >= 0.3 is 5.97 Å². The minimum Gasteiger partial charge on any atom is -0.508 e. The number of aromatic hydroxyl groups is 1. The van der Waals surface area contributed by atoms with Crippen LogP contribution in [0.5, 0.6) is 5.75 Å². The van der Waals surface area contributed by atoms with E-state index in [-0.39, 0.29) is 22.9 Å². The highest BCUT2D eigenvalue weighted by Crippen LogP contribution is 2.21. The summed E-state index contributed by atoms with van der Waals surface area (Å²) in [4.78, 5) is 11.2. The second kappa shape index (κ2) is 4.14. The summed E-state index contributed by atoms with van der Waals surface area (Å²) in [5.41, 5.74) is 0.184. The van der Waals surface area contributed by atoms with E-state index >= 15 is 0 Å². The lowest BCUT2D eigenvalue weighted by Gasteiger charge is -2.03. The third-order valence-electron chi connectivity index (χ3n) is 1.45. The number of carbonyl (C=O) groups excluding carboxylic acids is 1. The van der Waals surface area contributed by atoms with Crippen LogP contribution >= 0.6 is 11.6 Å². The molecule has 1 rings (SSSR count). The average molecular weight is 201 g/mol. The quantitative estimate of drug-likeness (QED) is 0.745. The van der Waals surface area contributed by atoms with Crippen molar-refractivity contribution in [2.75, 3.05) is 6.61 Å². The average Bonchev–Trinajstić information content (AvgIpc) is 2.09. The van der Waals surface area contributed by atoms with Crippen LogP contribution in [0.25, 0.3) is 0 Å². The zero-order valence-corrected chi connectivity index (χ0v) is 7.84. The Morgan fingerprint density at radius 1 is 1.62 bits per heavy atom. The first-order chi connectivity index (χ1) is 6.15. The number of hydrogen-bond acceptors (Lipinski definition) is 3. The highest BCUT2D eigenvalue weighted by atomic mass is 35.5. The lowest BCUT2D eigenvalue weighted by atomic mass is 10.2. The van der Waals surface area contributed by atoms with Gasteiger partial charge in [-0.2, -0.15) is 0 Å². The molecular weight excluding hydrogens is 192 g/mol. The van der Waals surface area contributed by atoms with Gasteiger partial charge in [-0.3, -0.25) is 0 Å². The predicted octanol–water partition coefficient (Wildman–Crippen LogP) is 2.22. The molecule has 0 aliphatic carbocycles. The monoisotopic (exact) mass is 200 g/mol. The second-order valence-electron chi connectivity index (χ2n) is 2.38. The summed E-state index contributed by atoms with van der Waals surface area (Å²) in [5, 5.41) is 9.36. The maximum atomic E-state index is 11.2. The molecule has 1 aromatic carbocycles. The lowest BCUT2D eigenvalue weighted by Crippen LogP contribution is -2.04. The number of carbonyl (C=O) groups is 1. The van der Waals surface area contributed by atoms with Gasteiger partial charge in [0.2, 0.25) is 0 Å². The number of benzene rings is 1. The van der Waals surface area contributed by atoms with E-state index < -0.39 is 5.97 Å². The molecule has 0 spiro atoms.